The number of likely N-dealkylation sites (N-methyl/N-ethyl adjacent to an activating group) is 1. The Balaban J connectivity index is 2.61. The molecule has 0 radical (unpaired) electrons. The Bertz CT molecular complexity index is 260. The lowest BCUT2D eigenvalue weighted by Gasteiger charge is -2.30. The van der Waals surface area contributed by atoms with Gasteiger partial charge in [-0.15, -0.1) is 0 Å². The first-order chi connectivity index (χ1) is 7.57. The summed E-state index contributed by atoms with van der Waals surface area (Å²) in [6.45, 7) is 9.11. The predicted octanol–water partition coefficient (Wildman–Crippen LogP) is -0.325. The molecule has 0 spiro atoms. The summed E-state index contributed by atoms with van der Waals surface area (Å²) in [7, 11) is 0. The molecule has 0 aromatic heterocycles. The summed E-state index contributed by atoms with van der Waals surface area (Å²) >= 11 is 0. The monoisotopic (exact) mass is 227 g/mol. The van der Waals surface area contributed by atoms with E-state index in [9.17, 15) is 9.59 Å². The number of nitrogens with zero attached hydrogens (tertiary/aromatic N) is 2. The van der Waals surface area contributed by atoms with E-state index in [1.165, 1.54) is 0 Å². The van der Waals surface area contributed by atoms with Crippen LogP contribution in [0.15, 0.2) is 0 Å². The van der Waals surface area contributed by atoms with Gasteiger partial charge in [-0.2, -0.15) is 0 Å². The topological polar surface area (TPSA) is 52.7 Å². The van der Waals surface area contributed by atoms with Crippen LogP contribution in [0.25, 0.3) is 0 Å². The summed E-state index contributed by atoms with van der Waals surface area (Å²) in [6, 6.07) is 0.0735. The van der Waals surface area contributed by atoms with Gasteiger partial charge in [-0.1, -0.05) is 0 Å². The first-order valence-corrected chi connectivity index (χ1v) is 5.88. The van der Waals surface area contributed by atoms with Gasteiger partial charge in [0, 0.05) is 38.8 Å². The van der Waals surface area contributed by atoms with Crippen LogP contribution in [0.1, 0.15) is 20.8 Å². The Morgan fingerprint density at radius 3 is 2.31 bits per heavy atom. The molecule has 0 aromatic carbocycles. The summed E-state index contributed by atoms with van der Waals surface area (Å²) in [6.07, 6.45) is 0. The highest BCUT2D eigenvalue weighted by Gasteiger charge is 2.28. The second-order valence-corrected chi connectivity index (χ2v) is 4.23. The molecule has 0 saturated carbocycles. The summed E-state index contributed by atoms with van der Waals surface area (Å²) in [5.74, 6) is -0.739. The van der Waals surface area contributed by atoms with Gasteiger partial charge in [0.25, 0.3) is 0 Å². The Morgan fingerprint density at radius 2 is 1.88 bits per heavy atom. The largest absolute Gasteiger partial charge is 0.332 e. The zero-order chi connectivity index (χ0) is 12.1. The van der Waals surface area contributed by atoms with E-state index in [1.54, 1.807) is 9.80 Å². The van der Waals surface area contributed by atoms with Crippen molar-refractivity contribution in [1.82, 2.24) is 15.1 Å². The molecule has 1 aliphatic heterocycles. The molecule has 1 heterocycles. The third kappa shape index (κ3) is 2.95. The van der Waals surface area contributed by atoms with E-state index in [2.05, 4.69) is 5.32 Å². The van der Waals surface area contributed by atoms with Crippen LogP contribution in [-0.2, 0) is 9.59 Å². The summed E-state index contributed by atoms with van der Waals surface area (Å²) in [5, 5.41) is 3.16. The summed E-state index contributed by atoms with van der Waals surface area (Å²) in [4.78, 5) is 27.1. The van der Waals surface area contributed by atoms with E-state index in [4.69, 9.17) is 0 Å². The molecule has 1 N–H and O–H groups in total. The maximum absolute atomic E-state index is 11.9. The SMILES string of the molecule is CCN(C(=O)C(=O)N1CCNCC1)C(C)C. The van der Waals surface area contributed by atoms with Gasteiger partial charge in [-0.25, -0.2) is 0 Å². The van der Waals surface area contributed by atoms with Gasteiger partial charge in [0.1, 0.15) is 0 Å². The molecular weight excluding hydrogens is 206 g/mol. The molecule has 2 amide bonds. The van der Waals surface area contributed by atoms with Crippen LogP contribution in [0, 0.1) is 0 Å². The van der Waals surface area contributed by atoms with Crippen molar-refractivity contribution in [1.29, 1.82) is 0 Å². The molecule has 16 heavy (non-hydrogen) atoms. The predicted molar refractivity (Wildman–Crippen MR) is 62.0 cm³/mol. The molecule has 5 heteroatoms. The number of piperazine rings is 1. The second kappa shape index (κ2) is 5.84. The van der Waals surface area contributed by atoms with E-state index in [0.29, 0.717) is 19.6 Å². The minimum atomic E-state index is -0.376. The molecule has 0 unspecified atom stereocenters. The van der Waals surface area contributed by atoms with Crippen molar-refractivity contribution < 1.29 is 9.59 Å². The highest BCUT2D eigenvalue weighted by atomic mass is 16.2. The van der Waals surface area contributed by atoms with Gasteiger partial charge in [-0.05, 0) is 20.8 Å². The molecular formula is C11H21N3O2. The average Bonchev–Trinajstić information content (AvgIpc) is 2.29. The average molecular weight is 227 g/mol. The molecule has 0 bridgehead atoms. The smallest absolute Gasteiger partial charge is 0.312 e. The Kier molecular flexibility index (Phi) is 4.73. The lowest BCUT2D eigenvalue weighted by molar-refractivity contribution is -0.153. The van der Waals surface area contributed by atoms with E-state index < -0.39 is 0 Å². The van der Waals surface area contributed by atoms with Crippen LogP contribution in [0.4, 0.5) is 0 Å². The number of amides is 2. The number of carbonyl (C=O) groups is 2. The van der Waals surface area contributed by atoms with E-state index in [0.717, 1.165) is 13.1 Å². The van der Waals surface area contributed by atoms with Crippen LogP contribution >= 0.6 is 0 Å². The summed E-state index contributed by atoms with van der Waals surface area (Å²) < 4.78 is 0. The fourth-order valence-corrected chi connectivity index (χ4v) is 1.87. The molecule has 0 aromatic rings. The lowest BCUT2D eigenvalue weighted by atomic mass is 10.2. The number of hydrogen-bond donors (Lipinski definition) is 1. The molecule has 1 fully saturated rings. The molecule has 1 saturated heterocycles. The van der Waals surface area contributed by atoms with Crippen LogP contribution in [0.3, 0.4) is 0 Å². The zero-order valence-corrected chi connectivity index (χ0v) is 10.3. The molecule has 5 nitrogen and oxygen atoms in total. The van der Waals surface area contributed by atoms with Gasteiger partial charge >= 0.3 is 11.8 Å². The van der Waals surface area contributed by atoms with E-state index in [-0.39, 0.29) is 17.9 Å². The van der Waals surface area contributed by atoms with Crippen LogP contribution in [0.2, 0.25) is 0 Å². The van der Waals surface area contributed by atoms with Crippen LogP contribution in [0.5, 0.6) is 0 Å². The molecule has 92 valence electrons. The van der Waals surface area contributed by atoms with Crippen molar-refractivity contribution >= 4 is 11.8 Å². The number of rotatable bonds is 2. The first-order valence-electron chi connectivity index (χ1n) is 5.88. The molecule has 1 aliphatic rings. The number of carbonyl (C=O) groups excluding carboxylic acids is 2. The highest BCUT2D eigenvalue weighted by molar-refractivity contribution is 6.35. The van der Waals surface area contributed by atoms with Crippen molar-refractivity contribution in [2.24, 2.45) is 0 Å². The van der Waals surface area contributed by atoms with Crippen LogP contribution < -0.4 is 5.32 Å². The Hall–Kier alpha value is -1.10. The van der Waals surface area contributed by atoms with Crippen LogP contribution in [-0.4, -0.2) is 60.4 Å². The minimum absolute atomic E-state index is 0.0735. The lowest BCUT2D eigenvalue weighted by Crippen LogP contribution is -2.53. The highest BCUT2D eigenvalue weighted by Crippen LogP contribution is 2.02. The van der Waals surface area contributed by atoms with Gasteiger partial charge < -0.3 is 15.1 Å². The maximum atomic E-state index is 11.9. The quantitative estimate of drug-likeness (QED) is 0.658. The fourth-order valence-electron chi connectivity index (χ4n) is 1.87. The fraction of sp³-hybridized carbons (Fsp3) is 0.818. The van der Waals surface area contributed by atoms with Gasteiger partial charge in [0.15, 0.2) is 0 Å². The zero-order valence-electron chi connectivity index (χ0n) is 10.3. The van der Waals surface area contributed by atoms with Crippen molar-refractivity contribution in [2.75, 3.05) is 32.7 Å². The normalized spacial score (nSPS) is 16.4. The Morgan fingerprint density at radius 1 is 1.31 bits per heavy atom. The van der Waals surface area contributed by atoms with Crippen molar-refractivity contribution in [3.8, 4) is 0 Å². The van der Waals surface area contributed by atoms with Crippen molar-refractivity contribution in [3.05, 3.63) is 0 Å². The number of hydrogen-bond acceptors (Lipinski definition) is 3. The van der Waals surface area contributed by atoms with Gasteiger partial charge in [0.2, 0.25) is 0 Å². The third-order valence-corrected chi connectivity index (χ3v) is 2.81. The van der Waals surface area contributed by atoms with Gasteiger partial charge in [-0.3, -0.25) is 9.59 Å². The molecule has 0 atom stereocenters. The molecule has 1 rings (SSSR count). The summed E-state index contributed by atoms with van der Waals surface area (Å²) in [5.41, 5.74) is 0. The van der Waals surface area contributed by atoms with Crippen molar-refractivity contribution in [3.63, 3.8) is 0 Å². The second-order valence-electron chi connectivity index (χ2n) is 4.23. The van der Waals surface area contributed by atoms with Gasteiger partial charge in [0.05, 0.1) is 0 Å². The third-order valence-electron chi connectivity index (χ3n) is 2.81. The minimum Gasteiger partial charge on any atom is -0.332 e. The first kappa shape index (κ1) is 13.0. The van der Waals surface area contributed by atoms with E-state index >= 15 is 0 Å². The maximum Gasteiger partial charge on any atom is 0.312 e. The number of nitrogens with one attached hydrogen (secondary N) is 1. The van der Waals surface area contributed by atoms with Crippen molar-refractivity contribution in [2.45, 2.75) is 26.8 Å². The standard InChI is InChI=1S/C11H21N3O2/c1-4-14(9(2)3)11(16)10(15)13-7-5-12-6-8-13/h9,12H,4-8H2,1-3H3. The van der Waals surface area contributed by atoms with E-state index in [1.807, 2.05) is 20.8 Å². The Labute approximate surface area is 96.8 Å². The molecule has 0 aliphatic carbocycles.